The average Bonchev–Trinajstić information content (AvgIpc) is 0.671. The second kappa shape index (κ2) is 27.5. The molecule has 10 aromatic rings. The van der Waals surface area contributed by atoms with Gasteiger partial charge in [0.2, 0.25) is 0 Å². The van der Waals surface area contributed by atoms with Gasteiger partial charge in [0, 0.05) is 56.9 Å². The van der Waals surface area contributed by atoms with Crippen LogP contribution in [0.1, 0.15) is 257 Å². The molecule has 0 spiro atoms. The van der Waals surface area contributed by atoms with Crippen LogP contribution in [0.2, 0.25) is 5.02 Å². The number of hydrogen-bond donors (Lipinski definition) is 0. The molecular formula is C106H124BClN4. The minimum atomic E-state index is 0.0254. The molecule has 10 aromatic carbocycles. The van der Waals surface area contributed by atoms with Crippen molar-refractivity contribution >= 4 is 103 Å². The van der Waals surface area contributed by atoms with Crippen molar-refractivity contribution in [3.05, 3.63) is 267 Å². The molecule has 8 saturated carbocycles. The van der Waals surface area contributed by atoms with Crippen molar-refractivity contribution in [1.29, 1.82) is 0 Å². The van der Waals surface area contributed by atoms with E-state index in [0.717, 1.165) is 74.7 Å². The molecule has 0 atom stereocenters. The van der Waals surface area contributed by atoms with Gasteiger partial charge in [-0.15, -0.1) is 0 Å². The molecule has 8 fully saturated rings. The number of nitrogens with zero attached hydrogens (tertiary/aromatic N) is 4. The molecule has 2 aliphatic heterocycles. The fraction of sp³-hybridized carbons (Fsp3) is 0.434. The van der Waals surface area contributed by atoms with Gasteiger partial charge in [-0.2, -0.15) is 0 Å². The number of rotatable bonds is 10. The van der Waals surface area contributed by atoms with Crippen molar-refractivity contribution < 1.29 is 0 Å². The Morgan fingerprint density at radius 3 is 1.02 bits per heavy atom. The van der Waals surface area contributed by atoms with E-state index < -0.39 is 0 Å². The SMILES string of the molecule is Cc1ccccc1N(c1ccc(C(C)(C)C)cc1)c1cc(C23CC4CC(CC(C4)C2)C3)cc(N(c2ccc(C(C)(C)C)cc2)c2ccc(C(C)(C)C)cc2)c1Cl.Cc1ccccc1N1c2ccc(C(C)(C)C)cc2B2c3cc(C(C)(C)C)ccc3N(c3ccc(C(C)(C)C)cc3)c3cc(C45CC6CC(CC(C6)C4)C5)cc1c32. The zero-order valence-electron chi connectivity index (χ0n) is 71.3. The van der Waals surface area contributed by atoms with E-state index in [-0.39, 0.29) is 50.0 Å². The number of para-hydroxylation sites is 2. The summed E-state index contributed by atoms with van der Waals surface area (Å²) in [6.45, 7) is 46.4. The van der Waals surface area contributed by atoms with E-state index in [1.165, 1.54) is 178 Å². The van der Waals surface area contributed by atoms with Crippen LogP contribution in [0.4, 0.5) is 68.2 Å². The van der Waals surface area contributed by atoms with E-state index in [9.17, 15) is 0 Å². The number of anilines is 12. The Labute approximate surface area is 679 Å². The van der Waals surface area contributed by atoms with Crippen LogP contribution in [-0.4, -0.2) is 6.71 Å². The van der Waals surface area contributed by atoms with Gasteiger partial charge in [0.1, 0.15) is 0 Å². The lowest BCUT2D eigenvalue weighted by molar-refractivity contribution is -0.00526. The van der Waals surface area contributed by atoms with Crippen LogP contribution in [-0.2, 0) is 43.3 Å². The summed E-state index contributed by atoms with van der Waals surface area (Å²) >= 11 is 8.06. The van der Waals surface area contributed by atoms with Crippen molar-refractivity contribution in [3.8, 4) is 0 Å². The Bertz CT molecular complexity index is 5060. The summed E-state index contributed by atoms with van der Waals surface area (Å²) in [6.07, 6.45) is 16.5. The summed E-state index contributed by atoms with van der Waals surface area (Å²) in [5.41, 5.74) is 33.3. The van der Waals surface area contributed by atoms with Gasteiger partial charge in [-0.25, -0.2) is 0 Å². The number of fused-ring (bicyclic) bond motifs is 4. The van der Waals surface area contributed by atoms with Crippen molar-refractivity contribution in [3.63, 3.8) is 0 Å². The molecule has 4 nitrogen and oxygen atoms in total. The number of aryl methyl sites for hydroxylation is 2. The third-order valence-corrected chi connectivity index (χ3v) is 28.7. The smallest absolute Gasteiger partial charge is 0.252 e. The van der Waals surface area contributed by atoms with Gasteiger partial charge in [-0.05, 0) is 339 Å². The molecule has 0 aromatic heterocycles. The number of hydrogen-bond acceptors (Lipinski definition) is 4. The van der Waals surface area contributed by atoms with E-state index in [2.05, 4.69) is 364 Å². The number of halogens is 1. The summed E-state index contributed by atoms with van der Waals surface area (Å²) < 4.78 is 0. The minimum absolute atomic E-state index is 0.0254. The minimum Gasteiger partial charge on any atom is -0.311 e. The Balaban J connectivity index is 0.000000163. The maximum atomic E-state index is 8.06. The standard InChI is InChI=1S/C53H61BN2.C53H63ClN2/c1-33-13-11-12-14-44(33)56-46-22-18-39(52(8,9)10)27-43(46)54-42-26-38(51(5,6)7)17-21-45(42)55(41-19-15-37(16-20-41)50(2,3)4)47-28-40(29-48(56)49(47)54)53-30-34-23-35(31-53)25-36(24-34)32-53;1-35-13-11-12-14-46(35)56(45-25-19-41(20-26-45)52(8,9)10)48-31-42(53-32-36-27-37(33-53)29-38(28-36)34-53)30-47(49(48)54)55(43-21-15-39(16-22-43)50(2,3)4)44-23-17-40(18-24-44)51(5,6)7/h11-22,26-29,34-36H,23-25,30-32H2,1-10H3;11-26,30-31,36-38H,27-29,32-34H2,1-10H3. The van der Waals surface area contributed by atoms with Crippen molar-refractivity contribution in [2.24, 2.45) is 35.5 Å². The molecule has 0 amide bonds. The molecule has 0 saturated heterocycles. The maximum absolute atomic E-state index is 8.06. The third-order valence-electron chi connectivity index (χ3n) is 28.3. The topological polar surface area (TPSA) is 13.0 Å². The quantitative estimate of drug-likeness (QED) is 0.127. The van der Waals surface area contributed by atoms with Gasteiger partial charge in [0.15, 0.2) is 0 Å². The molecule has 8 bridgehead atoms. The molecule has 0 unspecified atom stereocenters. The first kappa shape index (κ1) is 76.4. The second-order valence-corrected chi connectivity index (χ2v) is 43.1. The Morgan fingerprint density at radius 1 is 0.312 bits per heavy atom. The van der Waals surface area contributed by atoms with Crippen LogP contribution in [0.5, 0.6) is 0 Å². The second-order valence-electron chi connectivity index (χ2n) is 42.7. The van der Waals surface area contributed by atoms with Gasteiger partial charge in [-0.3, -0.25) is 0 Å². The highest BCUT2D eigenvalue weighted by atomic mass is 35.5. The molecule has 0 N–H and O–H groups in total. The Kier molecular flexibility index (Phi) is 18.7. The highest BCUT2D eigenvalue weighted by molar-refractivity contribution is 7.00. The van der Waals surface area contributed by atoms with Crippen molar-refractivity contribution in [1.82, 2.24) is 0 Å². The van der Waals surface area contributed by atoms with Crippen LogP contribution in [0, 0.1) is 49.4 Å². The lowest BCUT2D eigenvalue weighted by atomic mass is 9.33. The van der Waals surface area contributed by atoms with Crippen LogP contribution in [0.15, 0.2) is 206 Å². The molecule has 112 heavy (non-hydrogen) atoms. The van der Waals surface area contributed by atoms with Crippen LogP contribution >= 0.6 is 11.6 Å². The summed E-state index contributed by atoms with van der Waals surface area (Å²) in [6, 6.07) is 80.4. The highest BCUT2D eigenvalue weighted by Crippen LogP contribution is 2.65. The Morgan fingerprint density at radius 2 is 0.634 bits per heavy atom. The first-order valence-corrected chi connectivity index (χ1v) is 43.3. The van der Waals surface area contributed by atoms with Crippen LogP contribution in [0.3, 0.4) is 0 Å². The predicted molar refractivity (Wildman–Crippen MR) is 483 cm³/mol. The van der Waals surface area contributed by atoms with Gasteiger partial charge >= 0.3 is 0 Å². The molecule has 2 heterocycles. The highest BCUT2D eigenvalue weighted by Gasteiger charge is 2.55. The number of benzene rings is 10. The lowest BCUT2D eigenvalue weighted by Gasteiger charge is -2.57. The van der Waals surface area contributed by atoms with E-state index >= 15 is 0 Å². The molecular weight excluding hydrogens is 1380 g/mol. The van der Waals surface area contributed by atoms with Gasteiger partial charge < -0.3 is 19.6 Å². The Hall–Kier alpha value is -8.25. The van der Waals surface area contributed by atoms with Gasteiger partial charge in [0.05, 0.1) is 16.4 Å². The summed E-state index contributed by atoms with van der Waals surface area (Å²) in [5.74, 6) is 5.11. The lowest BCUT2D eigenvalue weighted by Crippen LogP contribution is -2.62. The first-order valence-electron chi connectivity index (χ1n) is 42.9. The van der Waals surface area contributed by atoms with Crippen LogP contribution in [0.25, 0.3) is 0 Å². The van der Waals surface area contributed by atoms with Crippen molar-refractivity contribution in [2.45, 2.75) is 259 Å². The molecule has 0 radical (unpaired) electrons. The van der Waals surface area contributed by atoms with E-state index in [4.69, 9.17) is 11.6 Å². The summed E-state index contributed by atoms with van der Waals surface area (Å²) in [4.78, 5) is 10.2. The maximum Gasteiger partial charge on any atom is 0.252 e. The predicted octanol–water partition coefficient (Wildman–Crippen LogP) is 28.4. The molecule has 578 valence electrons. The fourth-order valence-electron chi connectivity index (χ4n) is 22.8. The molecule has 8 aliphatic carbocycles. The zero-order valence-corrected chi connectivity index (χ0v) is 72.1. The summed E-state index contributed by atoms with van der Waals surface area (Å²) in [5, 5.41) is 0.765. The molecule has 6 heteroatoms. The monoisotopic (exact) mass is 1500 g/mol. The normalized spacial score (nSPS) is 22.8. The van der Waals surface area contributed by atoms with E-state index in [0.29, 0.717) is 0 Å². The fourth-order valence-corrected chi connectivity index (χ4v) is 23.1. The van der Waals surface area contributed by atoms with E-state index in [1.807, 2.05) is 0 Å². The van der Waals surface area contributed by atoms with Crippen molar-refractivity contribution in [2.75, 3.05) is 19.6 Å². The van der Waals surface area contributed by atoms with Gasteiger partial charge in [-0.1, -0.05) is 245 Å². The first-order chi connectivity index (χ1) is 52.9. The molecule has 10 aliphatic rings. The summed E-state index contributed by atoms with van der Waals surface area (Å²) in [7, 11) is 0. The van der Waals surface area contributed by atoms with E-state index in [1.54, 1.807) is 5.56 Å². The zero-order chi connectivity index (χ0) is 78.9. The van der Waals surface area contributed by atoms with Crippen LogP contribution < -0.4 is 36.0 Å². The third kappa shape index (κ3) is 13.8. The average molecular weight is 1500 g/mol. The molecule has 20 rings (SSSR count). The van der Waals surface area contributed by atoms with Gasteiger partial charge in [0.25, 0.3) is 6.71 Å². The largest absolute Gasteiger partial charge is 0.311 e.